The molecule has 1 saturated heterocycles. The second-order valence-electron chi connectivity index (χ2n) is 4.76. The van der Waals surface area contributed by atoms with Gasteiger partial charge in [0.15, 0.2) is 0 Å². The van der Waals surface area contributed by atoms with Gasteiger partial charge in [-0.25, -0.2) is 0 Å². The lowest BCUT2D eigenvalue weighted by Crippen LogP contribution is -2.60. The third-order valence-electron chi connectivity index (χ3n) is 3.27. The van der Waals surface area contributed by atoms with E-state index in [2.05, 4.69) is 0 Å². The van der Waals surface area contributed by atoms with Crippen molar-refractivity contribution in [1.29, 1.82) is 0 Å². The number of aliphatic hydroxyl groups excluding tert-OH is 4. The van der Waals surface area contributed by atoms with Gasteiger partial charge in [0.25, 0.3) is 0 Å². The van der Waals surface area contributed by atoms with E-state index in [1.807, 2.05) is 0 Å². The van der Waals surface area contributed by atoms with Crippen LogP contribution in [0.25, 0.3) is 0 Å². The lowest BCUT2D eigenvalue weighted by molar-refractivity contribution is -0.277. The minimum Gasteiger partial charge on any atom is -0.508 e. The zero-order chi connectivity index (χ0) is 14.9. The Morgan fingerprint density at radius 3 is 2.45 bits per heavy atom. The van der Waals surface area contributed by atoms with Crippen molar-refractivity contribution >= 4 is 0 Å². The van der Waals surface area contributed by atoms with Gasteiger partial charge in [-0.2, -0.15) is 0 Å². The number of hydrogen-bond donors (Lipinski definition) is 5. The summed E-state index contributed by atoms with van der Waals surface area (Å²) in [7, 11) is 0. The number of hydrogen-bond acceptors (Lipinski definition) is 7. The van der Waals surface area contributed by atoms with Crippen molar-refractivity contribution in [2.24, 2.45) is 0 Å². The summed E-state index contributed by atoms with van der Waals surface area (Å²) in [5, 5.41) is 47.6. The molecule has 0 bridgehead atoms. The van der Waals surface area contributed by atoms with E-state index in [0.29, 0.717) is 11.3 Å². The van der Waals surface area contributed by atoms with Crippen LogP contribution in [-0.2, 0) is 4.74 Å². The quantitative estimate of drug-likeness (QED) is 0.477. The van der Waals surface area contributed by atoms with Crippen LogP contribution in [-0.4, -0.2) is 62.8 Å². The Kier molecular flexibility index (Phi) is 4.46. The Bertz CT molecular complexity index is 462. The van der Waals surface area contributed by atoms with Crippen LogP contribution in [0.1, 0.15) is 5.56 Å². The fourth-order valence-electron chi connectivity index (χ4n) is 2.00. The van der Waals surface area contributed by atoms with Gasteiger partial charge in [-0.3, -0.25) is 0 Å². The summed E-state index contributed by atoms with van der Waals surface area (Å²) in [5.41, 5.74) is 0.576. The summed E-state index contributed by atoms with van der Waals surface area (Å²) in [6, 6.07) is 4.44. The highest BCUT2D eigenvalue weighted by Crippen LogP contribution is 2.27. The summed E-state index contributed by atoms with van der Waals surface area (Å²) in [6.07, 6.45) is -6.60. The average molecular weight is 286 g/mol. The van der Waals surface area contributed by atoms with Gasteiger partial charge in [-0.1, -0.05) is 0 Å². The molecule has 1 heterocycles. The highest BCUT2D eigenvalue weighted by molar-refractivity contribution is 5.38. The van der Waals surface area contributed by atoms with Gasteiger partial charge in [-0.05, 0) is 30.7 Å². The fourth-order valence-corrected chi connectivity index (χ4v) is 2.00. The molecule has 2 rings (SSSR count). The summed E-state index contributed by atoms with van der Waals surface area (Å²) >= 11 is 0. The van der Waals surface area contributed by atoms with Crippen LogP contribution in [0.2, 0.25) is 0 Å². The van der Waals surface area contributed by atoms with Crippen molar-refractivity contribution in [3.63, 3.8) is 0 Å². The Hall–Kier alpha value is -1.38. The third-order valence-corrected chi connectivity index (χ3v) is 3.27. The molecule has 0 aromatic heterocycles. The lowest BCUT2D eigenvalue weighted by Gasteiger charge is -2.39. The predicted octanol–water partition coefficient (Wildman–Crippen LogP) is -1.12. The molecule has 1 aliphatic rings. The molecule has 1 aromatic carbocycles. The number of aryl methyl sites for hydroxylation is 1. The lowest BCUT2D eigenvalue weighted by atomic mass is 9.99. The molecule has 0 saturated carbocycles. The van der Waals surface area contributed by atoms with Crippen molar-refractivity contribution < 1.29 is 35.0 Å². The van der Waals surface area contributed by atoms with Crippen LogP contribution >= 0.6 is 0 Å². The number of aliphatic hydroxyl groups is 4. The molecule has 20 heavy (non-hydrogen) atoms. The van der Waals surface area contributed by atoms with Gasteiger partial charge < -0.3 is 35.0 Å². The standard InChI is InChI=1S/C13H18O7/c1-6-4-7(2-3-8(6)15)19-13-12(18)11(17)10(16)9(5-14)20-13/h2-4,9-18H,5H2,1H3/t9-,10-,11+,12-,13-/m1/s1. The molecule has 0 aliphatic carbocycles. The monoisotopic (exact) mass is 286 g/mol. The SMILES string of the molecule is Cc1cc(O[C@@H]2O[C@H](CO)[C@@H](O)[C@H](O)[C@H]2O)ccc1O. The number of phenols is 1. The topological polar surface area (TPSA) is 120 Å². The maximum absolute atomic E-state index is 9.82. The summed E-state index contributed by atoms with van der Waals surface area (Å²) < 4.78 is 10.6. The molecule has 1 fully saturated rings. The van der Waals surface area contributed by atoms with Crippen LogP contribution in [0.4, 0.5) is 0 Å². The Balaban J connectivity index is 2.13. The average Bonchev–Trinajstić information content (AvgIpc) is 2.43. The number of phenolic OH excluding ortho intramolecular Hbond substituents is 1. The van der Waals surface area contributed by atoms with Crippen molar-refractivity contribution in [3.05, 3.63) is 23.8 Å². The summed E-state index contributed by atoms with van der Waals surface area (Å²) in [4.78, 5) is 0. The second kappa shape index (κ2) is 5.94. The highest BCUT2D eigenvalue weighted by atomic mass is 16.7. The maximum atomic E-state index is 9.82. The molecule has 5 atom stereocenters. The molecule has 5 N–H and O–H groups in total. The third kappa shape index (κ3) is 2.87. The number of aromatic hydroxyl groups is 1. The molecule has 0 unspecified atom stereocenters. The molecular formula is C13H18O7. The molecule has 0 radical (unpaired) electrons. The minimum absolute atomic E-state index is 0.103. The zero-order valence-corrected chi connectivity index (χ0v) is 10.9. The van der Waals surface area contributed by atoms with Crippen molar-refractivity contribution in [1.82, 2.24) is 0 Å². The van der Waals surface area contributed by atoms with Gasteiger partial charge in [0.2, 0.25) is 6.29 Å². The molecule has 7 nitrogen and oxygen atoms in total. The van der Waals surface area contributed by atoms with Crippen LogP contribution in [0.3, 0.4) is 0 Å². The Labute approximate surface area is 115 Å². The van der Waals surface area contributed by atoms with E-state index >= 15 is 0 Å². The first-order valence-electron chi connectivity index (χ1n) is 6.21. The van der Waals surface area contributed by atoms with E-state index in [9.17, 15) is 20.4 Å². The first-order valence-corrected chi connectivity index (χ1v) is 6.21. The number of benzene rings is 1. The predicted molar refractivity (Wildman–Crippen MR) is 67.2 cm³/mol. The van der Waals surface area contributed by atoms with Crippen LogP contribution in [0, 0.1) is 6.92 Å². The van der Waals surface area contributed by atoms with Crippen molar-refractivity contribution in [2.75, 3.05) is 6.61 Å². The number of ether oxygens (including phenoxy) is 2. The van der Waals surface area contributed by atoms with Crippen molar-refractivity contribution in [3.8, 4) is 11.5 Å². The molecule has 0 spiro atoms. The van der Waals surface area contributed by atoms with Gasteiger partial charge in [0.1, 0.15) is 35.9 Å². The highest BCUT2D eigenvalue weighted by Gasteiger charge is 2.44. The van der Waals surface area contributed by atoms with Gasteiger partial charge in [0, 0.05) is 0 Å². The van der Waals surface area contributed by atoms with Crippen LogP contribution in [0.5, 0.6) is 11.5 Å². The first-order chi connectivity index (χ1) is 9.43. The van der Waals surface area contributed by atoms with Crippen LogP contribution < -0.4 is 4.74 Å². The molecule has 112 valence electrons. The molecule has 7 heteroatoms. The summed E-state index contributed by atoms with van der Waals surface area (Å²) in [5.74, 6) is 0.427. The van der Waals surface area contributed by atoms with E-state index in [4.69, 9.17) is 14.6 Å². The molecule has 1 aliphatic heterocycles. The maximum Gasteiger partial charge on any atom is 0.229 e. The van der Waals surface area contributed by atoms with E-state index in [1.54, 1.807) is 6.92 Å². The van der Waals surface area contributed by atoms with Crippen molar-refractivity contribution in [2.45, 2.75) is 37.6 Å². The van der Waals surface area contributed by atoms with Crippen LogP contribution in [0.15, 0.2) is 18.2 Å². The van der Waals surface area contributed by atoms with E-state index in [1.165, 1.54) is 18.2 Å². The summed E-state index contributed by atoms with van der Waals surface area (Å²) in [6.45, 7) is 1.16. The van der Waals surface area contributed by atoms with Gasteiger partial charge >= 0.3 is 0 Å². The minimum atomic E-state index is -1.48. The first kappa shape index (κ1) is 15.0. The van der Waals surface area contributed by atoms with Gasteiger partial charge in [0.05, 0.1) is 6.61 Å². The Morgan fingerprint density at radius 2 is 1.85 bits per heavy atom. The van der Waals surface area contributed by atoms with Gasteiger partial charge in [-0.15, -0.1) is 0 Å². The smallest absolute Gasteiger partial charge is 0.229 e. The molecule has 0 amide bonds. The largest absolute Gasteiger partial charge is 0.508 e. The van der Waals surface area contributed by atoms with E-state index in [0.717, 1.165) is 0 Å². The molecule has 1 aromatic rings. The Morgan fingerprint density at radius 1 is 1.15 bits per heavy atom. The normalized spacial score (nSPS) is 34.0. The fraction of sp³-hybridized carbons (Fsp3) is 0.538. The zero-order valence-electron chi connectivity index (χ0n) is 10.9. The molecular weight excluding hydrogens is 268 g/mol. The van der Waals surface area contributed by atoms with E-state index in [-0.39, 0.29) is 5.75 Å². The number of rotatable bonds is 3. The van der Waals surface area contributed by atoms with E-state index < -0.39 is 37.3 Å². The second-order valence-corrected chi connectivity index (χ2v) is 4.76.